The van der Waals surface area contributed by atoms with Gasteiger partial charge in [0.1, 0.15) is 77.0 Å². The number of guanidine groups is 1. The molecule has 2 amide bonds. The first-order valence-corrected chi connectivity index (χ1v) is 42.9. The number of rotatable bonds is 43. The van der Waals surface area contributed by atoms with Gasteiger partial charge in [-0.25, -0.2) is 0 Å². The van der Waals surface area contributed by atoms with Gasteiger partial charge in [-0.3, -0.25) is 91.3 Å². The van der Waals surface area contributed by atoms with E-state index in [-0.39, 0.29) is 50.5 Å². The molecule has 0 aromatic rings. The van der Waals surface area contributed by atoms with Crippen LogP contribution in [-0.4, -0.2) is 352 Å². The maximum atomic E-state index is 10.8. The molecule has 5 aliphatic rings. The molecule has 0 heterocycles. The molecule has 133 heavy (non-hydrogen) atoms. The predicted molar refractivity (Wildman–Crippen MR) is 490 cm³/mol. The van der Waals surface area contributed by atoms with Crippen LogP contribution in [0.25, 0.3) is 0 Å². The lowest BCUT2D eigenvalue weighted by Crippen LogP contribution is -2.52. The van der Waals surface area contributed by atoms with Crippen molar-refractivity contribution in [1.82, 2.24) is 47.9 Å². The molecule has 43 N–H and O–H groups in total. The number of nitrogens with two attached hydrogens (primary N) is 9. The Morgan fingerprint density at radius 1 is 0.444 bits per heavy atom. The molecule has 5 rings (SSSR count). The molecule has 54 heteroatoms. The van der Waals surface area contributed by atoms with E-state index in [1.165, 1.54) is 73.6 Å². The van der Waals surface area contributed by atoms with Gasteiger partial charge in [0.2, 0.25) is 11.8 Å². The summed E-state index contributed by atoms with van der Waals surface area (Å²) in [6.07, 6.45) is 17.9. The van der Waals surface area contributed by atoms with E-state index < -0.39 is 197 Å². The van der Waals surface area contributed by atoms with Crippen molar-refractivity contribution in [3.05, 3.63) is 0 Å². The van der Waals surface area contributed by atoms with Gasteiger partial charge >= 0.3 is 95.5 Å². The molecule has 53 nitrogen and oxygen atoms in total. The van der Waals surface area contributed by atoms with Crippen LogP contribution in [-0.2, 0) is 86.3 Å². The summed E-state index contributed by atoms with van der Waals surface area (Å²) in [5, 5.41) is 158. The summed E-state index contributed by atoms with van der Waals surface area (Å²) in [4.78, 5) is 187. The van der Waals surface area contributed by atoms with Crippen LogP contribution in [0.4, 0.5) is 0 Å². The van der Waals surface area contributed by atoms with Crippen LogP contribution in [0.3, 0.4) is 0 Å². The second kappa shape index (κ2) is 81.1. The first kappa shape index (κ1) is 140. The molecule has 0 saturated heterocycles. The van der Waals surface area contributed by atoms with Gasteiger partial charge in [0.15, 0.2) is 5.96 Å². The summed E-state index contributed by atoms with van der Waals surface area (Å²) in [6, 6.07) is -5.34. The molecule has 0 spiro atoms. The third-order valence-electron chi connectivity index (χ3n) is 19.9. The molecule has 0 radical (unpaired) electrons. The van der Waals surface area contributed by atoms with Crippen LogP contribution < -0.4 is 99.5 Å². The zero-order valence-corrected chi connectivity index (χ0v) is 79.4. The largest absolute Gasteiger partial charge is 0.481 e. The third kappa shape index (κ3) is 79.8. The molecule has 15 atom stereocenters. The van der Waals surface area contributed by atoms with E-state index in [1.54, 1.807) is 62.7 Å². The van der Waals surface area contributed by atoms with Gasteiger partial charge in [0.25, 0.3) is 0 Å². The minimum Gasteiger partial charge on any atom is -0.481 e. The number of nitrogens with one attached hydrogen (secondary N) is 9. The Balaban J connectivity index is -0.000000179. The lowest BCUT2D eigenvalue weighted by Gasteiger charge is -2.28. The number of likely N-dealkylation sites (N-methyl/N-ethyl adjacent to an activating group) is 7. The summed E-state index contributed by atoms with van der Waals surface area (Å²) < 4.78 is 0. The zero-order valence-electron chi connectivity index (χ0n) is 78.6. The smallest absolute Gasteiger partial charge is 0.323 e. The molecule has 5 fully saturated rings. The van der Waals surface area contributed by atoms with Crippen LogP contribution in [0, 0.1) is 17.8 Å². The second-order valence-corrected chi connectivity index (χ2v) is 31.2. The highest BCUT2D eigenvalue weighted by molar-refractivity contribution is 7.80. The number of thiol groups is 1. The van der Waals surface area contributed by atoms with Crippen molar-refractivity contribution in [2.45, 2.75) is 298 Å². The van der Waals surface area contributed by atoms with Gasteiger partial charge in [-0.05, 0) is 185 Å². The van der Waals surface area contributed by atoms with Crippen LogP contribution >= 0.6 is 12.6 Å². The number of carbonyl (C=O) groups excluding carboxylic acids is 2. The molecule has 5 aliphatic carbocycles. The maximum absolute atomic E-state index is 10.8. The van der Waals surface area contributed by atoms with Crippen molar-refractivity contribution in [3.8, 4) is 0 Å². The molecule has 5 saturated carbocycles. The quantitative estimate of drug-likeness (QED) is 0.0121. The SMILES string of the molecule is CC(CN)C(=O)O.CCC(C)(N)C(=O)O.CCC(N)C(=O)O.CN[C@@H](C)C(=O)O.CN[C@@H](CC(=O)O)C(=O)O.CN[C@@H](CC(N)=O)C(=O)O.CN[C@@H](CCC(=O)O)C(=O)O.CN[C@@H](CCC(N)=O)C(=O)O.CN[C@@H](CCCN=C(N)N)C(=O)O.CN[C@@H](CS)C(=O)O.C[C@H](NC1CCCC1)C(=O)O.C[C@H](NC1CCCCC1)C(=O)O.NC1(C(=O)O)CC1.NC1(C(=O)O)CC2CCC1C2. The van der Waals surface area contributed by atoms with Gasteiger partial charge in [-0.1, -0.05) is 59.3 Å². The minimum atomic E-state index is -1.15. The number of aliphatic carboxylic acids is 16. The van der Waals surface area contributed by atoms with Gasteiger partial charge in [0.05, 0.1) is 18.8 Å². The zero-order chi connectivity index (χ0) is 106. The van der Waals surface area contributed by atoms with E-state index in [9.17, 15) is 86.3 Å². The summed E-state index contributed by atoms with van der Waals surface area (Å²) in [5.41, 5.74) is 43.3. The standard InChI is InChI=1S/C9H17NO2.C8H13NO2.C8H15NO2.C7H16N4O2.C6H12N2O3.C6H11NO4.C5H10N2O3.C5H9NO4.C5H11NO2.C4H9NO2S.C4H7NO2.3C4H9NO2/c1-7(9(11)12)10-8-5-3-2-4-6-8;9-8(7(10)11)4-5-1-2-6(8)3-5;1-6(8(10)11)9-7-4-2-3-5-7;1-10-5(6(12)13)3-2-4-11-7(8)9;1-8-4(6(10)11)2-3-5(7)9;1-7-4(6(10)11)2-3-5(8)9;1-7-3(5(9)10)2-4(6)8;1-6-3(5(9)10)2-4(7)8;1-3-5(2,6)4(7)8;1-5-3(2-8)4(6)7;5-4(1-2-4)3(6)7;1-3(5-2)4(6)7;1-3(2-5)4(6)7;1-2-3(5)4(6)7/h7-8,10H,2-6H2,1H3,(H,11,12);5-6H,1-4,9H2,(H,10,11);6-7,9H,2-5H2,1H3,(H,10,11);5,10H,2-4H2,1H3,(H,12,13)(H4,8,9,11);4,8H,2-3H2,1H3,(H2,7,9)(H,10,11);4,7H,2-3H2,1H3,(H,8,9)(H,10,11);3,7H,2H2,1H3,(H2,6,8)(H,9,10);3,6H,2H2,1H3,(H,7,8)(H,9,10);3,6H2,1-2H3,(H,7,8);3,5,8H,2H2,1H3,(H,6,7);1-2,5H2,(H,6,7);3,5H,1-2H3,(H,6,7);2*3H,2,5H2,1H3,(H,6,7)/t7-;;6-;5-;2*4-;2*3-;;3-;;3-;;/m0.000000.0.0../s1. The van der Waals surface area contributed by atoms with Crippen molar-refractivity contribution in [2.75, 3.05) is 68.2 Å². The number of hydrogen-bond donors (Lipinski definition) is 35. The average Bonchev–Trinajstić information content (AvgIpc) is 1.62. The highest BCUT2D eigenvalue weighted by atomic mass is 32.1. The summed E-state index contributed by atoms with van der Waals surface area (Å²) >= 11 is 3.79. The van der Waals surface area contributed by atoms with Crippen molar-refractivity contribution in [2.24, 2.45) is 74.3 Å². The number of fused-ring (bicyclic) bond motifs is 2. The summed E-state index contributed by atoms with van der Waals surface area (Å²) in [6.45, 7) is 12.2. The highest BCUT2D eigenvalue weighted by Crippen LogP contribution is 2.49. The summed E-state index contributed by atoms with van der Waals surface area (Å²) in [7, 11) is 10.7. The van der Waals surface area contributed by atoms with Crippen molar-refractivity contribution < 1.29 is 168 Å². The molecule has 0 aromatic heterocycles. The fraction of sp³-hybridized carbons (Fsp3) is 0.759. The van der Waals surface area contributed by atoms with Crippen LogP contribution in [0.2, 0.25) is 0 Å². The molecule has 6 unspecified atom stereocenters. The van der Waals surface area contributed by atoms with Crippen molar-refractivity contribution in [3.63, 3.8) is 0 Å². The fourth-order valence-electron chi connectivity index (χ4n) is 10.3. The normalized spacial score (nSPS) is 18.1. The van der Waals surface area contributed by atoms with Gasteiger partial charge in [0, 0.05) is 43.8 Å². The Morgan fingerprint density at radius 3 is 0.977 bits per heavy atom. The number of amides is 2. The number of aliphatic imine (C=N–C) groups is 1. The monoisotopic (exact) mass is 1950 g/mol. The Hall–Kier alpha value is -10.5. The average molecular weight is 1950 g/mol. The lowest BCUT2D eigenvalue weighted by atomic mass is 9.82. The van der Waals surface area contributed by atoms with Crippen LogP contribution in [0.1, 0.15) is 209 Å². The third-order valence-corrected chi connectivity index (χ3v) is 20.2. The van der Waals surface area contributed by atoms with E-state index in [2.05, 4.69) is 65.5 Å². The molecule has 0 aliphatic heterocycles. The number of hydrogen-bond acceptors (Lipinski definition) is 34. The van der Waals surface area contributed by atoms with E-state index in [1.807, 2.05) is 0 Å². The van der Waals surface area contributed by atoms with E-state index >= 15 is 0 Å². The van der Waals surface area contributed by atoms with Crippen molar-refractivity contribution >= 4 is 126 Å². The number of primary amides is 2. The van der Waals surface area contributed by atoms with E-state index in [0.29, 0.717) is 75.2 Å². The Kier molecular flexibility index (Phi) is 85.6. The topological polar surface area (TPSA) is 986 Å². The molecule has 778 valence electrons. The minimum absolute atomic E-state index is 0.0383. The van der Waals surface area contributed by atoms with E-state index in [0.717, 1.165) is 38.5 Å². The van der Waals surface area contributed by atoms with Crippen LogP contribution in [0.5, 0.6) is 0 Å². The van der Waals surface area contributed by atoms with Gasteiger partial charge < -0.3 is 181 Å². The van der Waals surface area contributed by atoms with E-state index in [4.69, 9.17) is 133 Å². The van der Waals surface area contributed by atoms with Gasteiger partial charge in [-0.15, -0.1) is 0 Å². The molecule has 2 bridgehead atoms. The summed E-state index contributed by atoms with van der Waals surface area (Å²) in [5.74, 6) is -15.0. The molecule has 0 aromatic carbocycles. The first-order valence-electron chi connectivity index (χ1n) is 42.3. The number of carbonyl (C=O) groups is 18. The first-order chi connectivity index (χ1) is 61.3. The second-order valence-electron chi connectivity index (χ2n) is 30.8. The highest BCUT2D eigenvalue weighted by Gasteiger charge is 2.53. The maximum Gasteiger partial charge on any atom is 0.323 e. The lowest BCUT2D eigenvalue weighted by molar-refractivity contribution is -0.146. The Bertz CT molecular complexity index is 3310. The number of nitrogens with zero attached hydrogens (tertiary/aromatic N) is 1. The molecular weight excluding hydrogens is 1790 g/mol. The van der Waals surface area contributed by atoms with Crippen molar-refractivity contribution in [1.29, 1.82) is 0 Å². The number of carboxylic acid groups (broad SMARTS) is 16. The fourth-order valence-corrected chi connectivity index (χ4v) is 10.6. The Labute approximate surface area is 779 Å². The predicted octanol–water partition coefficient (Wildman–Crippen LogP) is -3.71. The van der Waals surface area contributed by atoms with Gasteiger partial charge in [-0.2, -0.15) is 12.6 Å². The number of carboxylic acids is 16. The van der Waals surface area contributed by atoms with Crippen LogP contribution in [0.15, 0.2) is 4.99 Å². The Morgan fingerprint density at radius 2 is 0.812 bits per heavy atom. The molecular formula is C79H157N19O34S.